The van der Waals surface area contributed by atoms with Crippen molar-refractivity contribution in [2.75, 3.05) is 18.7 Å². The average molecular weight is 370 g/mol. The number of aliphatic hydroxyl groups is 1. The summed E-state index contributed by atoms with van der Waals surface area (Å²) in [5.74, 6) is 1.91. The Labute approximate surface area is 156 Å². The third-order valence-electron chi connectivity index (χ3n) is 5.88. The van der Waals surface area contributed by atoms with Gasteiger partial charge in [-0.25, -0.2) is 0 Å². The zero-order valence-corrected chi connectivity index (χ0v) is 14.9. The number of fused-ring (bicyclic) bond motifs is 3. The number of nitrogens with zero attached hydrogens (tertiary/aromatic N) is 1. The van der Waals surface area contributed by atoms with Gasteiger partial charge in [0, 0.05) is 23.8 Å². The van der Waals surface area contributed by atoms with E-state index in [0.29, 0.717) is 42.3 Å². The molecule has 3 atom stereocenters. The lowest BCUT2D eigenvalue weighted by molar-refractivity contribution is -0.121. The zero-order valence-electron chi connectivity index (χ0n) is 14.9. The topological polar surface area (TPSA) is 84.2 Å². The summed E-state index contributed by atoms with van der Waals surface area (Å²) in [5.41, 5.74) is -0.236. The summed E-state index contributed by atoms with van der Waals surface area (Å²) in [5, 5.41) is 14.0. The van der Waals surface area contributed by atoms with E-state index in [2.05, 4.69) is 10.2 Å². The fourth-order valence-corrected chi connectivity index (χ4v) is 4.66. The molecule has 0 radical (unpaired) electrons. The molecular formula is C20H22N2O5. The maximum Gasteiger partial charge on any atom is 0.238 e. The summed E-state index contributed by atoms with van der Waals surface area (Å²) in [6, 6.07) is 9.39. The van der Waals surface area contributed by atoms with Crippen LogP contribution in [0.25, 0.3) is 0 Å². The number of hydrogen-bond acceptors (Lipinski definition) is 6. The van der Waals surface area contributed by atoms with E-state index in [1.807, 2.05) is 12.1 Å². The minimum Gasteiger partial charge on any atom is -0.466 e. The van der Waals surface area contributed by atoms with E-state index in [-0.39, 0.29) is 24.8 Å². The lowest BCUT2D eigenvalue weighted by Gasteiger charge is -2.42. The number of piperidine rings is 1. The van der Waals surface area contributed by atoms with Gasteiger partial charge in [0.05, 0.1) is 12.8 Å². The Morgan fingerprint density at radius 1 is 1.19 bits per heavy atom. The second-order valence-corrected chi connectivity index (χ2v) is 7.59. The monoisotopic (exact) mass is 370 g/mol. The van der Waals surface area contributed by atoms with Crippen LogP contribution in [0.1, 0.15) is 31.4 Å². The van der Waals surface area contributed by atoms with Crippen LogP contribution in [0.3, 0.4) is 0 Å². The number of benzene rings is 1. The third-order valence-corrected chi connectivity index (χ3v) is 5.88. The molecule has 2 aromatic rings. The van der Waals surface area contributed by atoms with E-state index < -0.39 is 5.60 Å². The van der Waals surface area contributed by atoms with Crippen LogP contribution in [0, 0.1) is 0 Å². The molecule has 2 fully saturated rings. The minimum atomic E-state index is -0.931. The minimum absolute atomic E-state index is 0.0609. The second kappa shape index (κ2) is 6.28. The summed E-state index contributed by atoms with van der Waals surface area (Å²) >= 11 is 0. The van der Waals surface area contributed by atoms with Gasteiger partial charge < -0.3 is 24.3 Å². The van der Waals surface area contributed by atoms with Crippen molar-refractivity contribution in [1.29, 1.82) is 0 Å². The molecule has 142 valence electrons. The van der Waals surface area contributed by atoms with Gasteiger partial charge in [0.15, 0.2) is 11.5 Å². The van der Waals surface area contributed by atoms with Crippen LogP contribution in [0.5, 0.6) is 11.5 Å². The molecule has 27 heavy (non-hydrogen) atoms. The molecule has 0 aliphatic carbocycles. The molecule has 1 unspecified atom stereocenters. The lowest BCUT2D eigenvalue weighted by atomic mass is 9.84. The van der Waals surface area contributed by atoms with Gasteiger partial charge in [-0.2, -0.15) is 0 Å². The number of carbonyl (C=O) groups is 1. The fourth-order valence-electron chi connectivity index (χ4n) is 4.66. The Balaban J connectivity index is 1.25. The SMILES string of the molecule is O=C(CN1[C@@H]2CC[C@H]1CC(O)(c1ccco1)C2)Nc1ccc2c(c1)OCO2. The molecule has 4 heterocycles. The van der Waals surface area contributed by atoms with Crippen molar-refractivity contribution in [2.24, 2.45) is 0 Å². The number of rotatable bonds is 4. The first kappa shape index (κ1) is 16.6. The second-order valence-electron chi connectivity index (χ2n) is 7.59. The van der Waals surface area contributed by atoms with Gasteiger partial charge in [0.25, 0.3) is 0 Å². The summed E-state index contributed by atoms with van der Waals surface area (Å²) in [7, 11) is 0. The maximum absolute atomic E-state index is 12.6. The molecule has 7 heteroatoms. The van der Waals surface area contributed by atoms with Crippen LogP contribution in [0.4, 0.5) is 5.69 Å². The smallest absolute Gasteiger partial charge is 0.238 e. The Morgan fingerprint density at radius 3 is 2.70 bits per heavy atom. The molecule has 1 amide bonds. The van der Waals surface area contributed by atoms with Crippen LogP contribution >= 0.6 is 0 Å². The highest BCUT2D eigenvalue weighted by molar-refractivity contribution is 5.92. The quantitative estimate of drug-likeness (QED) is 0.860. The molecule has 0 spiro atoms. The number of hydrogen-bond donors (Lipinski definition) is 2. The van der Waals surface area contributed by atoms with E-state index >= 15 is 0 Å². The van der Waals surface area contributed by atoms with Crippen molar-refractivity contribution in [2.45, 2.75) is 43.4 Å². The van der Waals surface area contributed by atoms with Gasteiger partial charge in [-0.05, 0) is 49.9 Å². The first-order chi connectivity index (χ1) is 13.1. The summed E-state index contributed by atoms with van der Waals surface area (Å²) in [6.07, 6.45) is 4.76. The maximum atomic E-state index is 12.6. The molecule has 3 aliphatic heterocycles. The number of anilines is 1. The molecule has 0 saturated carbocycles. The van der Waals surface area contributed by atoms with Crippen molar-refractivity contribution in [3.8, 4) is 11.5 Å². The van der Waals surface area contributed by atoms with Crippen molar-refractivity contribution in [3.05, 3.63) is 42.4 Å². The predicted octanol–water partition coefficient (Wildman–Crippen LogP) is 2.46. The molecule has 7 nitrogen and oxygen atoms in total. The van der Waals surface area contributed by atoms with Crippen LogP contribution in [0.15, 0.2) is 41.0 Å². The average Bonchev–Trinajstić information content (AvgIpc) is 3.37. The Kier molecular flexibility index (Phi) is 3.87. The van der Waals surface area contributed by atoms with Crippen LogP contribution in [0.2, 0.25) is 0 Å². The number of amides is 1. The van der Waals surface area contributed by atoms with Gasteiger partial charge >= 0.3 is 0 Å². The van der Waals surface area contributed by atoms with Crippen molar-refractivity contribution in [3.63, 3.8) is 0 Å². The number of nitrogens with one attached hydrogen (secondary N) is 1. The lowest BCUT2D eigenvalue weighted by Crippen LogP contribution is -2.51. The van der Waals surface area contributed by atoms with Crippen LogP contribution in [-0.4, -0.2) is 41.3 Å². The Hall–Kier alpha value is -2.51. The highest BCUT2D eigenvalue weighted by Gasteiger charge is 2.49. The molecule has 2 bridgehead atoms. The number of furan rings is 1. The van der Waals surface area contributed by atoms with E-state index in [9.17, 15) is 9.90 Å². The van der Waals surface area contributed by atoms with E-state index in [1.165, 1.54) is 0 Å². The zero-order chi connectivity index (χ0) is 18.4. The molecule has 3 aliphatic rings. The van der Waals surface area contributed by atoms with Gasteiger partial charge in [0.2, 0.25) is 12.7 Å². The molecule has 5 rings (SSSR count). The summed E-state index contributed by atoms with van der Waals surface area (Å²) in [6.45, 7) is 0.528. The molecule has 2 saturated heterocycles. The Bertz CT molecular complexity index is 836. The van der Waals surface area contributed by atoms with Gasteiger partial charge in [-0.15, -0.1) is 0 Å². The molecule has 1 aromatic carbocycles. The third kappa shape index (κ3) is 2.96. The van der Waals surface area contributed by atoms with Crippen molar-refractivity contribution < 1.29 is 23.8 Å². The highest BCUT2D eigenvalue weighted by Crippen LogP contribution is 2.45. The highest BCUT2D eigenvalue weighted by atomic mass is 16.7. The van der Waals surface area contributed by atoms with Crippen LogP contribution in [-0.2, 0) is 10.4 Å². The summed E-state index contributed by atoms with van der Waals surface area (Å²) < 4.78 is 16.1. The first-order valence-electron chi connectivity index (χ1n) is 9.32. The van der Waals surface area contributed by atoms with Crippen LogP contribution < -0.4 is 14.8 Å². The van der Waals surface area contributed by atoms with Crippen molar-refractivity contribution in [1.82, 2.24) is 4.90 Å². The fraction of sp³-hybridized carbons (Fsp3) is 0.450. The van der Waals surface area contributed by atoms with Crippen molar-refractivity contribution >= 4 is 11.6 Å². The van der Waals surface area contributed by atoms with Gasteiger partial charge in [-0.1, -0.05) is 0 Å². The van der Waals surface area contributed by atoms with E-state index in [0.717, 1.165) is 12.8 Å². The first-order valence-corrected chi connectivity index (χ1v) is 9.32. The molecule has 2 N–H and O–H groups in total. The number of carbonyl (C=O) groups excluding carboxylic acids is 1. The van der Waals surface area contributed by atoms with E-state index in [1.54, 1.807) is 24.5 Å². The predicted molar refractivity (Wildman–Crippen MR) is 96.5 cm³/mol. The van der Waals surface area contributed by atoms with Gasteiger partial charge in [0.1, 0.15) is 11.4 Å². The van der Waals surface area contributed by atoms with E-state index in [4.69, 9.17) is 13.9 Å². The molecule has 1 aromatic heterocycles. The Morgan fingerprint density at radius 2 is 1.96 bits per heavy atom. The largest absolute Gasteiger partial charge is 0.466 e. The normalized spacial score (nSPS) is 29.1. The van der Waals surface area contributed by atoms with Gasteiger partial charge in [-0.3, -0.25) is 9.69 Å². The molecular weight excluding hydrogens is 348 g/mol. The standard InChI is InChI=1S/C20H22N2O5/c23-19(21-13-3-6-16-17(8-13)27-12-26-16)11-22-14-4-5-15(22)10-20(24,9-14)18-2-1-7-25-18/h1-3,6-8,14-15,24H,4-5,9-12H2,(H,21,23)/t14-,15+,20?. The number of ether oxygens (including phenoxy) is 2. The summed E-state index contributed by atoms with van der Waals surface area (Å²) in [4.78, 5) is 14.8.